The third-order valence-electron chi connectivity index (χ3n) is 1.72. The quantitative estimate of drug-likeness (QED) is 0.812. The average Bonchev–Trinajstić information content (AvgIpc) is 2.14. The van der Waals surface area contributed by atoms with Gasteiger partial charge in [-0.1, -0.05) is 0 Å². The molecule has 0 aliphatic rings. The largest absolute Gasteiger partial charge is 0.421 e. The molecule has 1 aromatic rings. The fourth-order valence-electron chi connectivity index (χ4n) is 1.11. The first-order chi connectivity index (χ1) is 7.27. The zero-order valence-corrected chi connectivity index (χ0v) is 7.52. The minimum Gasteiger partial charge on any atom is -0.390 e. The van der Waals surface area contributed by atoms with Crippen molar-refractivity contribution in [2.75, 3.05) is 0 Å². The van der Waals surface area contributed by atoms with E-state index in [1.54, 1.807) is 0 Å². The van der Waals surface area contributed by atoms with Crippen molar-refractivity contribution >= 4 is 0 Å². The van der Waals surface area contributed by atoms with E-state index in [1.165, 1.54) is 0 Å². The Labute approximate surface area is 85.5 Å². The van der Waals surface area contributed by atoms with E-state index < -0.39 is 42.0 Å². The van der Waals surface area contributed by atoms with Crippen molar-refractivity contribution in [3.63, 3.8) is 0 Å². The lowest BCUT2D eigenvalue weighted by molar-refractivity contribution is -0.141. The number of halogens is 6. The van der Waals surface area contributed by atoms with Crippen molar-refractivity contribution in [2.24, 2.45) is 0 Å². The maximum absolute atomic E-state index is 12.9. The lowest BCUT2D eigenvalue weighted by Gasteiger charge is -2.12. The van der Waals surface area contributed by atoms with Crippen molar-refractivity contribution in [3.8, 4) is 0 Å². The van der Waals surface area contributed by atoms with E-state index >= 15 is 0 Å². The van der Waals surface area contributed by atoms with Crippen LogP contribution in [0.4, 0.5) is 26.3 Å². The summed E-state index contributed by atoms with van der Waals surface area (Å²) in [5, 5.41) is 8.54. The van der Waals surface area contributed by atoms with Gasteiger partial charge in [0.15, 0.2) is 0 Å². The molecular weight excluding hydrogens is 240 g/mol. The molecule has 0 aromatic carbocycles. The molecule has 0 saturated carbocycles. The molecule has 1 aromatic heterocycles. The van der Waals surface area contributed by atoms with Gasteiger partial charge >= 0.3 is 6.18 Å². The number of aliphatic hydroxyl groups excluding tert-OH is 1. The van der Waals surface area contributed by atoms with Crippen LogP contribution in [0, 0.1) is 5.82 Å². The van der Waals surface area contributed by atoms with Crippen molar-refractivity contribution in [1.29, 1.82) is 0 Å². The SMILES string of the molecule is OCc1nc(C(F)F)cc(F)c1C(F)(F)F. The van der Waals surface area contributed by atoms with Gasteiger partial charge in [-0.2, -0.15) is 13.2 Å². The van der Waals surface area contributed by atoms with Gasteiger partial charge < -0.3 is 5.11 Å². The van der Waals surface area contributed by atoms with Gasteiger partial charge in [-0.3, -0.25) is 0 Å². The summed E-state index contributed by atoms with van der Waals surface area (Å²) < 4.78 is 73.9. The summed E-state index contributed by atoms with van der Waals surface area (Å²) in [6, 6.07) is 0.00660. The number of aliphatic hydroxyl groups is 1. The Morgan fingerprint density at radius 2 is 1.88 bits per heavy atom. The van der Waals surface area contributed by atoms with E-state index in [2.05, 4.69) is 4.98 Å². The normalized spacial score (nSPS) is 12.2. The van der Waals surface area contributed by atoms with Crippen LogP contribution in [0.25, 0.3) is 0 Å². The molecule has 8 heteroatoms. The van der Waals surface area contributed by atoms with Gasteiger partial charge in [0.05, 0.1) is 12.3 Å². The van der Waals surface area contributed by atoms with Gasteiger partial charge in [-0.25, -0.2) is 18.2 Å². The molecule has 0 aliphatic carbocycles. The van der Waals surface area contributed by atoms with Gasteiger partial charge in [-0.15, -0.1) is 0 Å². The van der Waals surface area contributed by atoms with Crippen LogP contribution < -0.4 is 0 Å². The summed E-state index contributed by atoms with van der Waals surface area (Å²) in [7, 11) is 0. The van der Waals surface area contributed by atoms with Crippen molar-refractivity contribution in [3.05, 3.63) is 28.8 Å². The molecule has 0 amide bonds. The molecule has 1 N–H and O–H groups in total. The predicted molar refractivity (Wildman–Crippen MR) is 40.1 cm³/mol. The highest BCUT2D eigenvalue weighted by atomic mass is 19.4. The summed E-state index contributed by atoms with van der Waals surface area (Å²) in [5.74, 6) is -1.87. The smallest absolute Gasteiger partial charge is 0.390 e. The van der Waals surface area contributed by atoms with E-state index in [-0.39, 0.29) is 6.07 Å². The Balaban J connectivity index is 3.41. The summed E-state index contributed by atoms with van der Waals surface area (Å²) in [6.45, 7) is -1.27. The highest BCUT2D eigenvalue weighted by Gasteiger charge is 2.38. The topological polar surface area (TPSA) is 33.1 Å². The highest BCUT2D eigenvalue weighted by molar-refractivity contribution is 5.27. The van der Waals surface area contributed by atoms with Crippen LogP contribution in [0.5, 0.6) is 0 Å². The Morgan fingerprint density at radius 1 is 1.31 bits per heavy atom. The van der Waals surface area contributed by atoms with Gasteiger partial charge in [-0.05, 0) is 0 Å². The second kappa shape index (κ2) is 4.28. The Hall–Kier alpha value is -1.31. The van der Waals surface area contributed by atoms with Crippen LogP contribution >= 0.6 is 0 Å². The maximum Gasteiger partial charge on any atom is 0.421 e. The zero-order chi connectivity index (χ0) is 12.5. The lowest BCUT2D eigenvalue weighted by atomic mass is 10.1. The molecule has 0 spiro atoms. The van der Waals surface area contributed by atoms with Crippen molar-refractivity contribution < 1.29 is 31.4 Å². The number of aromatic nitrogens is 1. The molecular formula is C8H5F6NO. The molecule has 1 heterocycles. The van der Waals surface area contributed by atoms with Gasteiger partial charge in [0, 0.05) is 6.07 Å². The molecule has 0 radical (unpaired) electrons. The number of alkyl halides is 5. The fraction of sp³-hybridized carbons (Fsp3) is 0.375. The molecule has 2 nitrogen and oxygen atoms in total. The van der Waals surface area contributed by atoms with E-state index in [4.69, 9.17) is 5.11 Å². The molecule has 16 heavy (non-hydrogen) atoms. The predicted octanol–water partition coefficient (Wildman–Crippen LogP) is 2.67. The van der Waals surface area contributed by atoms with E-state index in [0.29, 0.717) is 0 Å². The first kappa shape index (κ1) is 12.8. The lowest BCUT2D eigenvalue weighted by Crippen LogP contribution is -2.15. The van der Waals surface area contributed by atoms with Crippen LogP contribution in [-0.4, -0.2) is 10.1 Å². The van der Waals surface area contributed by atoms with E-state index in [9.17, 15) is 26.3 Å². The van der Waals surface area contributed by atoms with Gasteiger partial charge in [0.2, 0.25) is 0 Å². The third kappa shape index (κ3) is 2.43. The summed E-state index contributed by atoms with van der Waals surface area (Å²) in [6.07, 6.45) is -8.29. The van der Waals surface area contributed by atoms with Crippen LogP contribution in [-0.2, 0) is 12.8 Å². The first-order valence-corrected chi connectivity index (χ1v) is 3.93. The maximum atomic E-state index is 12.9. The van der Waals surface area contributed by atoms with Crippen molar-refractivity contribution in [1.82, 2.24) is 4.98 Å². The Bertz CT molecular complexity index is 389. The van der Waals surface area contributed by atoms with E-state index in [0.717, 1.165) is 0 Å². The van der Waals surface area contributed by atoms with Crippen LogP contribution in [0.2, 0.25) is 0 Å². The number of nitrogens with zero attached hydrogens (tertiary/aromatic N) is 1. The van der Waals surface area contributed by atoms with Crippen molar-refractivity contribution in [2.45, 2.75) is 19.2 Å². The van der Waals surface area contributed by atoms with Gasteiger partial charge in [0.1, 0.15) is 17.1 Å². The second-order valence-electron chi connectivity index (χ2n) is 2.81. The molecule has 0 atom stereocenters. The molecule has 0 unspecified atom stereocenters. The zero-order valence-electron chi connectivity index (χ0n) is 7.52. The average molecular weight is 245 g/mol. The summed E-state index contributed by atoms with van der Waals surface area (Å²) in [5.41, 5.74) is -4.11. The second-order valence-corrected chi connectivity index (χ2v) is 2.81. The van der Waals surface area contributed by atoms with E-state index in [1.807, 2.05) is 0 Å². The molecule has 90 valence electrons. The highest BCUT2D eigenvalue weighted by Crippen LogP contribution is 2.34. The number of pyridine rings is 1. The molecule has 0 saturated heterocycles. The Kier molecular flexibility index (Phi) is 3.41. The first-order valence-electron chi connectivity index (χ1n) is 3.93. The monoisotopic (exact) mass is 245 g/mol. The molecule has 0 fully saturated rings. The molecule has 1 rings (SSSR count). The minimum absolute atomic E-state index is 0.00660. The van der Waals surface area contributed by atoms with Gasteiger partial charge in [0.25, 0.3) is 6.43 Å². The fourth-order valence-corrected chi connectivity index (χ4v) is 1.11. The minimum atomic E-state index is -5.09. The number of hydrogen-bond acceptors (Lipinski definition) is 2. The van der Waals surface area contributed by atoms with Crippen LogP contribution in [0.1, 0.15) is 23.4 Å². The van der Waals surface area contributed by atoms with Crippen LogP contribution in [0.3, 0.4) is 0 Å². The molecule has 0 bridgehead atoms. The van der Waals surface area contributed by atoms with Crippen LogP contribution in [0.15, 0.2) is 6.07 Å². The third-order valence-corrected chi connectivity index (χ3v) is 1.72. The number of rotatable bonds is 2. The Morgan fingerprint density at radius 3 is 2.25 bits per heavy atom. The molecule has 0 aliphatic heterocycles. The number of hydrogen-bond donors (Lipinski definition) is 1. The summed E-state index contributed by atoms with van der Waals surface area (Å²) >= 11 is 0. The standard InChI is InChI=1S/C8H5F6NO/c9-3-1-4(7(10)11)15-5(2-16)6(3)8(12,13)14/h1,7,16H,2H2. The summed E-state index contributed by atoms with van der Waals surface area (Å²) in [4.78, 5) is 2.86.